The molecule has 1 fully saturated rings. The second-order valence-electron chi connectivity index (χ2n) is 8.18. The van der Waals surface area contributed by atoms with E-state index in [2.05, 4.69) is 59.7 Å². The van der Waals surface area contributed by atoms with Crippen molar-refractivity contribution in [1.29, 1.82) is 0 Å². The Hall–Kier alpha value is -1.02. The molecule has 2 nitrogen and oxygen atoms in total. The van der Waals surface area contributed by atoms with Gasteiger partial charge in [0.15, 0.2) is 0 Å². The molecule has 0 aromatic heterocycles. The summed E-state index contributed by atoms with van der Waals surface area (Å²) in [4.78, 5) is 0. The fourth-order valence-electron chi connectivity index (χ4n) is 2.57. The smallest absolute Gasteiger partial charge is 0.123 e. The summed E-state index contributed by atoms with van der Waals surface area (Å²) in [5.74, 6) is 1.03. The lowest BCUT2D eigenvalue weighted by Gasteiger charge is -2.35. The molecule has 0 saturated heterocycles. The number of hydrogen-bond donors (Lipinski definition) is 1. The van der Waals surface area contributed by atoms with Crippen LogP contribution in [0.2, 0.25) is 0 Å². The molecule has 1 aliphatic rings. The van der Waals surface area contributed by atoms with Crippen molar-refractivity contribution in [2.24, 2.45) is 5.73 Å². The molecular formula is C18H29NO. The average Bonchev–Trinajstić information content (AvgIpc) is 2.24. The molecule has 0 atom stereocenters. The van der Waals surface area contributed by atoms with Gasteiger partial charge in [-0.3, -0.25) is 0 Å². The van der Waals surface area contributed by atoms with E-state index in [-0.39, 0.29) is 10.8 Å². The Balaban J connectivity index is 2.31. The monoisotopic (exact) mass is 275 g/mol. The Morgan fingerprint density at radius 2 is 1.60 bits per heavy atom. The summed E-state index contributed by atoms with van der Waals surface area (Å²) in [6, 6.07) is 6.98. The first-order chi connectivity index (χ1) is 9.07. The lowest BCUT2D eigenvalue weighted by Crippen LogP contribution is -2.43. The van der Waals surface area contributed by atoms with Gasteiger partial charge in [-0.15, -0.1) is 0 Å². The zero-order valence-electron chi connectivity index (χ0n) is 13.8. The summed E-state index contributed by atoms with van der Waals surface area (Å²) in [5, 5.41) is 0. The molecule has 0 heterocycles. The maximum Gasteiger partial charge on any atom is 0.123 e. The van der Waals surface area contributed by atoms with E-state index in [1.54, 1.807) is 0 Å². The predicted molar refractivity (Wildman–Crippen MR) is 85.5 cm³/mol. The summed E-state index contributed by atoms with van der Waals surface area (Å²) in [6.07, 6.45) is 2.25. The number of benzene rings is 1. The Morgan fingerprint density at radius 1 is 1.00 bits per heavy atom. The molecule has 1 aromatic carbocycles. The Morgan fingerprint density at radius 3 is 2.05 bits per heavy atom. The third-order valence-electron chi connectivity index (χ3n) is 4.08. The van der Waals surface area contributed by atoms with Gasteiger partial charge >= 0.3 is 0 Å². The van der Waals surface area contributed by atoms with Crippen LogP contribution < -0.4 is 10.5 Å². The van der Waals surface area contributed by atoms with Gasteiger partial charge in [0.05, 0.1) is 0 Å². The summed E-state index contributed by atoms with van der Waals surface area (Å²) in [6.45, 7) is 13.5. The van der Waals surface area contributed by atoms with Crippen molar-refractivity contribution >= 4 is 0 Å². The van der Waals surface area contributed by atoms with Gasteiger partial charge in [0.1, 0.15) is 11.9 Å². The van der Waals surface area contributed by atoms with Crippen molar-refractivity contribution < 1.29 is 4.74 Å². The van der Waals surface area contributed by atoms with E-state index in [0.717, 1.165) is 18.6 Å². The Labute approximate surface area is 123 Å². The van der Waals surface area contributed by atoms with Crippen molar-refractivity contribution in [3.8, 4) is 5.75 Å². The van der Waals surface area contributed by atoms with Gasteiger partial charge in [-0.25, -0.2) is 0 Å². The zero-order chi connectivity index (χ0) is 15.1. The van der Waals surface area contributed by atoms with Gasteiger partial charge in [0.2, 0.25) is 0 Å². The van der Waals surface area contributed by atoms with E-state index in [1.807, 2.05) is 0 Å². The predicted octanol–water partition coefficient (Wildman–Crippen LogP) is 4.15. The van der Waals surface area contributed by atoms with Crippen LogP contribution in [0.3, 0.4) is 0 Å². The van der Waals surface area contributed by atoms with Crippen molar-refractivity contribution in [2.45, 2.75) is 77.4 Å². The minimum Gasteiger partial charge on any atom is -0.490 e. The zero-order valence-corrected chi connectivity index (χ0v) is 13.8. The molecule has 1 aromatic rings. The molecule has 1 aliphatic carbocycles. The summed E-state index contributed by atoms with van der Waals surface area (Å²) in [7, 11) is 0. The molecule has 0 spiro atoms. The van der Waals surface area contributed by atoms with Crippen LogP contribution in [0, 0.1) is 0 Å². The maximum absolute atomic E-state index is 6.17. The van der Waals surface area contributed by atoms with Gasteiger partial charge in [-0.05, 0) is 40.9 Å². The van der Waals surface area contributed by atoms with Crippen LogP contribution in [0.25, 0.3) is 0 Å². The summed E-state index contributed by atoms with van der Waals surface area (Å²) in [5.41, 5.74) is 8.76. The lowest BCUT2D eigenvalue weighted by molar-refractivity contribution is 0.0986. The van der Waals surface area contributed by atoms with Crippen LogP contribution >= 0.6 is 0 Å². The highest BCUT2D eigenvalue weighted by atomic mass is 16.5. The van der Waals surface area contributed by atoms with E-state index in [1.165, 1.54) is 11.1 Å². The van der Waals surface area contributed by atoms with Crippen molar-refractivity contribution in [3.05, 3.63) is 29.3 Å². The van der Waals surface area contributed by atoms with Gasteiger partial charge in [0.25, 0.3) is 0 Å². The minimum absolute atomic E-state index is 0.0858. The molecule has 1 saturated carbocycles. The van der Waals surface area contributed by atoms with Crippen LogP contribution in [0.5, 0.6) is 5.75 Å². The Kier molecular flexibility index (Phi) is 3.90. The second kappa shape index (κ2) is 5.07. The minimum atomic E-state index is 0.0858. The van der Waals surface area contributed by atoms with E-state index in [4.69, 9.17) is 10.5 Å². The molecular weight excluding hydrogens is 246 g/mol. The average molecular weight is 275 g/mol. The number of nitrogens with two attached hydrogens (primary N) is 1. The third kappa shape index (κ3) is 3.35. The molecule has 0 aliphatic heterocycles. The molecule has 2 rings (SSSR count). The molecule has 0 unspecified atom stereocenters. The fourth-order valence-corrected chi connectivity index (χ4v) is 2.57. The fraction of sp³-hybridized carbons (Fsp3) is 0.667. The molecule has 2 N–H and O–H groups in total. The maximum atomic E-state index is 6.17. The van der Waals surface area contributed by atoms with Crippen molar-refractivity contribution in [2.75, 3.05) is 0 Å². The first kappa shape index (κ1) is 15.4. The quantitative estimate of drug-likeness (QED) is 0.880. The summed E-state index contributed by atoms with van der Waals surface area (Å²) < 4.78 is 6.17. The van der Waals surface area contributed by atoms with Gasteiger partial charge in [0, 0.05) is 6.04 Å². The van der Waals surface area contributed by atoms with E-state index in [9.17, 15) is 0 Å². The van der Waals surface area contributed by atoms with Crippen molar-refractivity contribution in [1.82, 2.24) is 0 Å². The highest BCUT2D eigenvalue weighted by molar-refractivity contribution is 5.43. The van der Waals surface area contributed by atoms with Crippen LogP contribution in [0.15, 0.2) is 18.2 Å². The van der Waals surface area contributed by atoms with Gasteiger partial charge in [-0.2, -0.15) is 0 Å². The Bertz CT molecular complexity index is 473. The molecule has 2 heteroatoms. The number of hydrogen-bond acceptors (Lipinski definition) is 2. The van der Waals surface area contributed by atoms with Gasteiger partial charge in [-0.1, -0.05) is 53.7 Å². The highest BCUT2D eigenvalue weighted by Gasteiger charge is 2.30. The largest absolute Gasteiger partial charge is 0.490 e. The molecule has 0 amide bonds. The molecule has 112 valence electrons. The van der Waals surface area contributed by atoms with Crippen LogP contribution in [-0.4, -0.2) is 12.1 Å². The summed E-state index contributed by atoms with van der Waals surface area (Å²) >= 11 is 0. The van der Waals surface area contributed by atoms with E-state index in [0.29, 0.717) is 12.1 Å². The lowest BCUT2D eigenvalue weighted by atomic mass is 9.80. The van der Waals surface area contributed by atoms with Gasteiger partial charge < -0.3 is 10.5 Å². The second-order valence-corrected chi connectivity index (χ2v) is 8.18. The number of ether oxygens (including phenoxy) is 1. The van der Waals surface area contributed by atoms with Crippen LogP contribution in [0.4, 0.5) is 0 Å². The SMILES string of the molecule is CC(C)(C)c1ccc(OC2CC(N)C2)c(C(C)(C)C)c1. The van der Waals surface area contributed by atoms with Crippen LogP contribution in [0.1, 0.15) is 65.5 Å². The third-order valence-corrected chi connectivity index (χ3v) is 4.08. The van der Waals surface area contributed by atoms with Crippen molar-refractivity contribution in [3.63, 3.8) is 0 Å². The number of rotatable bonds is 2. The molecule has 0 radical (unpaired) electrons. The normalized spacial score (nSPS) is 23.4. The van der Waals surface area contributed by atoms with E-state index >= 15 is 0 Å². The van der Waals surface area contributed by atoms with Crippen LogP contribution in [-0.2, 0) is 10.8 Å². The van der Waals surface area contributed by atoms with E-state index < -0.39 is 0 Å². The topological polar surface area (TPSA) is 35.2 Å². The highest BCUT2D eigenvalue weighted by Crippen LogP contribution is 2.37. The first-order valence-electron chi connectivity index (χ1n) is 7.64. The molecule has 0 bridgehead atoms. The standard InChI is InChI=1S/C18H29NO/c1-17(2,3)12-7-8-16(15(9-12)18(4,5)6)20-14-10-13(19)11-14/h7-9,13-14H,10-11,19H2,1-6H3. The first-order valence-corrected chi connectivity index (χ1v) is 7.64. The molecule has 20 heavy (non-hydrogen) atoms.